The third-order valence-corrected chi connectivity index (χ3v) is 1.49. The molecular weight excluding hydrogens is 243 g/mol. The molecule has 54 valence electrons. The fourth-order valence-corrected chi connectivity index (χ4v) is 0.935. The molecule has 0 saturated heterocycles. The van der Waals surface area contributed by atoms with E-state index >= 15 is 0 Å². The van der Waals surface area contributed by atoms with Gasteiger partial charge in [0, 0.05) is 6.07 Å². The van der Waals surface area contributed by atoms with Crippen molar-refractivity contribution in [3.05, 3.63) is 16.1 Å². The summed E-state index contributed by atoms with van der Waals surface area (Å²) in [5, 5.41) is 0. The zero-order valence-electron chi connectivity index (χ0n) is 5.54. The smallest absolute Gasteiger partial charge is 0.217 e. The van der Waals surface area contributed by atoms with Crippen molar-refractivity contribution < 1.29 is 4.74 Å². The second kappa shape index (κ2) is 3.70. The quantitative estimate of drug-likeness (QED) is 0.589. The first kappa shape index (κ1) is 7.71. The van der Waals surface area contributed by atoms with Gasteiger partial charge >= 0.3 is 0 Å². The predicted molar refractivity (Wildman–Crippen MR) is 45.9 cm³/mol. The van der Waals surface area contributed by atoms with E-state index in [1.54, 1.807) is 6.07 Å². The van der Waals surface area contributed by atoms with Crippen LogP contribution >= 0.6 is 22.6 Å². The summed E-state index contributed by atoms with van der Waals surface area (Å²) in [6.07, 6.45) is 1.49. The summed E-state index contributed by atoms with van der Waals surface area (Å²) in [5.41, 5.74) is 0. The first-order valence-electron chi connectivity index (χ1n) is 2.93. The average molecular weight is 250 g/mol. The number of ether oxygens (including phenoxy) is 1. The monoisotopic (exact) mass is 250 g/mol. The molecule has 0 aliphatic heterocycles. The number of rotatable bonds is 2. The fourth-order valence-electron chi connectivity index (χ4n) is 0.544. The van der Waals surface area contributed by atoms with Crippen LogP contribution < -0.4 is 4.74 Å². The maximum absolute atomic E-state index is 5.13. The molecule has 3 nitrogen and oxygen atoms in total. The summed E-state index contributed by atoms with van der Waals surface area (Å²) in [6.45, 7) is 2.57. The van der Waals surface area contributed by atoms with E-state index in [0.29, 0.717) is 12.5 Å². The van der Waals surface area contributed by atoms with Crippen LogP contribution in [0.15, 0.2) is 12.4 Å². The summed E-state index contributed by atoms with van der Waals surface area (Å²) in [7, 11) is 0. The van der Waals surface area contributed by atoms with Crippen molar-refractivity contribution in [3.63, 3.8) is 0 Å². The average Bonchev–Trinajstić information content (AvgIpc) is 1.88. The van der Waals surface area contributed by atoms with Crippen LogP contribution in [0, 0.1) is 3.70 Å². The first-order valence-corrected chi connectivity index (χ1v) is 4.01. The molecule has 1 heterocycles. The Morgan fingerprint density at radius 1 is 1.60 bits per heavy atom. The van der Waals surface area contributed by atoms with Crippen molar-refractivity contribution >= 4 is 22.6 Å². The van der Waals surface area contributed by atoms with Crippen LogP contribution in [0.25, 0.3) is 0 Å². The van der Waals surface area contributed by atoms with Gasteiger partial charge in [-0.15, -0.1) is 0 Å². The van der Waals surface area contributed by atoms with Crippen molar-refractivity contribution in [2.45, 2.75) is 6.92 Å². The van der Waals surface area contributed by atoms with Gasteiger partial charge in [-0.05, 0) is 29.5 Å². The normalized spacial score (nSPS) is 9.40. The summed E-state index contributed by atoms with van der Waals surface area (Å²) >= 11 is 2.11. The fraction of sp³-hybridized carbons (Fsp3) is 0.333. The maximum Gasteiger partial charge on any atom is 0.217 e. The van der Waals surface area contributed by atoms with Crippen LogP contribution in [0.1, 0.15) is 6.92 Å². The van der Waals surface area contributed by atoms with Crippen molar-refractivity contribution in [2.24, 2.45) is 0 Å². The highest BCUT2D eigenvalue weighted by atomic mass is 127. The second-order valence-electron chi connectivity index (χ2n) is 1.61. The number of nitrogens with zero attached hydrogens (tertiary/aromatic N) is 2. The number of hydrogen-bond acceptors (Lipinski definition) is 3. The number of halogens is 1. The van der Waals surface area contributed by atoms with Crippen molar-refractivity contribution in [1.82, 2.24) is 9.97 Å². The molecule has 0 radical (unpaired) electrons. The number of hydrogen-bond donors (Lipinski definition) is 0. The Hall–Kier alpha value is -0.390. The maximum atomic E-state index is 5.13. The van der Waals surface area contributed by atoms with Gasteiger partial charge in [-0.2, -0.15) is 0 Å². The van der Waals surface area contributed by atoms with Gasteiger partial charge in [0.2, 0.25) is 5.88 Å². The minimum Gasteiger partial charge on any atom is -0.478 e. The van der Waals surface area contributed by atoms with Gasteiger partial charge in [0.25, 0.3) is 0 Å². The molecule has 0 aromatic carbocycles. The van der Waals surface area contributed by atoms with Crippen LogP contribution in [0.2, 0.25) is 0 Å². The standard InChI is InChI=1S/C6H7IN2O/c1-2-10-6-3-5(7)8-4-9-6/h3-4H,2H2,1H3. The first-order chi connectivity index (χ1) is 4.83. The van der Waals surface area contributed by atoms with Gasteiger partial charge in [0.05, 0.1) is 6.61 Å². The Balaban J connectivity index is 2.75. The third kappa shape index (κ3) is 2.09. The Morgan fingerprint density at radius 2 is 2.40 bits per heavy atom. The molecule has 0 unspecified atom stereocenters. The van der Waals surface area contributed by atoms with Gasteiger partial charge < -0.3 is 4.74 Å². The molecule has 1 aromatic heterocycles. The largest absolute Gasteiger partial charge is 0.478 e. The van der Waals surface area contributed by atoms with Crippen molar-refractivity contribution in [2.75, 3.05) is 6.61 Å². The van der Waals surface area contributed by atoms with Crippen LogP contribution in [0.3, 0.4) is 0 Å². The highest BCUT2D eigenvalue weighted by Gasteiger charge is 1.93. The minimum atomic E-state index is 0.641. The van der Waals surface area contributed by atoms with Crippen LogP contribution in [0.5, 0.6) is 5.88 Å². The topological polar surface area (TPSA) is 35.0 Å². The molecule has 10 heavy (non-hydrogen) atoms. The van der Waals surface area contributed by atoms with E-state index in [1.807, 2.05) is 6.92 Å². The second-order valence-corrected chi connectivity index (χ2v) is 2.72. The summed E-state index contributed by atoms with van der Waals surface area (Å²) < 4.78 is 6.03. The van der Waals surface area contributed by atoms with Crippen molar-refractivity contribution in [3.8, 4) is 5.88 Å². The van der Waals surface area contributed by atoms with Crippen LogP contribution in [-0.4, -0.2) is 16.6 Å². The molecular formula is C6H7IN2O. The van der Waals surface area contributed by atoms with E-state index < -0.39 is 0 Å². The Labute approximate surface area is 73.0 Å². The lowest BCUT2D eigenvalue weighted by Crippen LogP contribution is -1.95. The molecule has 0 amide bonds. The van der Waals surface area contributed by atoms with Gasteiger partial charge in [-0.25, -0.2) is 9.97 Å². The van der Waals surface area contributed by atoms with Gasteiger partial charge in [0.1, 0.15) is 10.0 Å². The SMILES string of the molecule is CCOc1cc(I)ncn1. The summed E-state index contributed by atoms with van der Waals surface area (Å²) in [5.74, 6) is 0.641. The van der Waals surface area contributed by atoms with Crippen LogP contribution in [-0.2, 0) is 0 Å². The highest BCUT2D eigenvalue weighted by molar-refractivity contribution is 14.1. The van der Waals surface area contributed by atoms with E-state index in [4.69, 9.17) is 4.74 Å². The number of aromatic nitrogens is 2. The lowest BCUT2D eigenvalue weighted by atomic mass is 10.6. The van der Waals surface area contributed by atoms with Gasteiger partial charge in [-0.1, -0.05) is 0 Å². The molecule has 0 fully saturated rings. The zero-order chi connectivity index (χ0) is 7.40. The molecule has 1 aromatic rings. The molecule has 0 atom stereocenters. The predicted octanol–water partition coefficient (Wildman–Crippen LogP) is 1.48. The molecule has 0 saturated carbocycles. The Morgan fingerprint density at radius 3 is 3.00 bits per heavy atom. The highest BCUT2D eigenvalue weighted by Crippen LogP contribution is 2.07. The molecule has 0 N–H and O–H groups in total. The van der Waals surface area contributed by atoms with E-state index in [0.717, 1.165) is 3.70 Å². The summed E-state index contributed by atoms with van der Waals surface area (Å²) in [6, 6.07) is 1.80. The lowest BCUT2D eigenvalue weighted by Gasteiger charge is -1.99. The van der Waals surface area contributed by atoms with E-state index in [2.05, 4.69) is 32.6 Å². The molecule has 0 aliphatic rings. The molecule has 1 rings (SSSR count). The molecule has 4 heteroatoms. The minimum absolute atomic E-state index is 0.641. The molecule has 0 spiro atoms. The van der Waals surface area contributed by atoms with Gasteiger partial charge in [-0.3, -0.25) is 0 Å². The lowest BCUT2D eigenvalue weighted by molar-refractivity contribution is 0.325. The van der Waals surface area contributed by atoms with Crippen molar-refractivity contribution in [1.29, 1.82) is 0 Å². The Bertz CT molecular complexity index is 217. The Kier molecular flexibility index (Phi) is 2.85. The van der Waals surface area contributed by atoms with E-state index in [-0.39, 0.29) is 0 Å². The summed E-state index contributed by atoms with van der Waals surface area (Å²) in [4.78, 5) is 7.81. The van der Waals surface area contributed by atoms with E-state index in [9.17, 15) is 0 Å². The van der Waals surface area contributed by atoms with Crippen LogP contribution in [0.4, 0.5) is 0 Å². The third-order valence-electron chi connectivity index (χ3n) is 0.901. The zero-order valence-corrected chi connectivity index (χ0v) is 7.70. The van der Waals surface area contributed by atoms with Gasteiger partial charge in [0.15, 0.2) is 0 Å². The van der Waals surface area contributed by atoms with E-state index in [1.165, 1.54) is 6.33 Å². The molecule has 0 aliphatic carbocycles. The molecule has 0 bridgehead atoms.